The molecule has 6 heteroatoms. The van der Waals surface area contributed by atoms with Crippen molar-refractivity contribution in [1.82, 2.24) is 0 Å². The molecule has 0 unspecified atom stereocenters. The fraction of sp³-hybridized carbons (Fsp3) is 0.250. The van der Waals surface area contributed by atoms with Gasteiger partial charge in [-0.05, 0) is 12.1 Å². The predicted molar refractivity (Wildman–Crippen MR) is 86.5 cm³/mol. The first-order valence-electron chi connectivity index (χ1n) is 3.84. The summed E-state index contributed by atoms with van der Waals surface area (Å²) in [7, 11) is 7.51. The minimum absolute atomic E-state index is 1.23. The van der Waals surface area contributed by atoms with E-state index in [4.69, 9.17) is 0 Å². The van der Waals surface area contributed by atoms with Gasteiger partial charge in [-0.3, -0.25) is 0 Å². The molecule has 0 aliphatic rings. The van der Waals surface area contributed by atoms with Crippen LogP contribution in [0.3, 0.4) is 0 Å². The van der Waals surface area contributed by atoms with Gasteiger partial charge >= 0.3 is 0 Å². The maximum atomic E-state index is 2.28. The Hall–Kier alpha value is 0.980. The van der Waals surface area contributed by atoms with Crippen molar-refractivity contribution in [1.29, 1.82) is 0 Å². The Morgan fingerprint density at radius 1 is 0.929 bits per heavy atom. The molecule has 0 heterocycles. The van der Waals surface area contributed by atoms with Crippen LogP contribution in [-0.4, -0.2) is 14.1 Å². The lowest BCUT2D eigenvalue weighted by molar-refractivity contribution is 1.30. The van der Waals surface area contributed by atoms with E-state index in [0.29, 0.717) is 0 Å². The molecule has 0 aliphatic heterocycles. The van der Waals surface area contributed by atoms with Crippen LogP contribution in [0.4, 0.5) is 11.4 Å². The first kappa shape index (κ1) is 13.0. The lowest BCUT2D eigenvalue weighted by Crippen LogP contribution is -2.11. The van der Waals surface area contributed by atoms with Crippen LogP contribution < -0.4 is 8.61 Å². The Kier molecular flexibility index (Phi) is 6.09. The fourth-order valence-corrected chi connectivity index (χ4v) is 2.80. The van der Waals surface area contributed by atoms with Gasteiger partial charge in [0.25, 0.3) is 0 Å². The standard InChI is InChI=1S/C8H10I2N2S2/c1-11(13-9)7-5-3-4-6-8(7)12(2)14-10/h3-6H,1-2H3. The van der Waals surface area contributed by atoms with Crippen LogP contribution in [0, 0.1) is 0 Å². The molecule has 0 bridgehead atoms. The van der Waals surface area contributed by atoms with Crippen LogP contribution in [0.25, 0.3) is 0 Å². The molecule has 0 radical (unpaired) electrons. The van der Waals surface area contributed by atoms with Gasteiger partial charge in [0.2, 0.25) is 0 Å². The van der Waals surface area contributed by atoms with Crippen molar-refractivity contribution in [2.75, 3.05) is 22.7 Å². The number of benzene rings is 1. The Morgan fingerprint density at radius 3 is 1.57 bits per heavy atom. The van der Waals surface area contributed by atoms with Crippen molar-refractivity contribution in [2.45, 2.75) is 0 Å². The summed E-state index contributed by atoms with van der Waals surface area (Å²) in [5, 5.41) is 0. The Balaban J connectivity index is 3.02. The van der Waals surface area contributed by atoms with Crippen LogP contribution in [0.15, 0.2) is 24.3 Å². The monoisotopic (exact) mass is 452 g/mol. The fourth-order valence-electron chi connectivity index (χ4n) is 1.07. The Morgan fingerprint density at radius 2 is 1.29 bits per heavy atom. The number of nitrogens with zero attached hydrogens (tertiary/aromatic N) is 2. The average Bonchev–Trinajstić information content (AvgIpc) is 2.27. The van der Waals surface area contributed by atoms with E-state index in [9.17, 15) is 0 Å². The molecular formula is C8H10I2N2S2. The van der Waals surface area contributed by atoms with E-state index >= 15 is 0 Å². The maximum Gasteiger partial charge on any atom is 0.0716 e. The molecule has 0 fully saturated rings. The first-order valence-corrected chi connectivity index (χ1v) is 10.5. The zero-order valence-electron chi connectivity index (χ0n) is 7.78. The molecule has 2 nitrogen and oxygen atoms in total. The van der Waals surface area contributed by atoms with E-state index in [1.54, 1.807) is 18.2 Å². The number of anilines is 2. The third-order valence-electron chi connectivity index (χ3n) is 1.77. The van der Waals surface area contributed by atoms with E-state index in [1.807, 2.05) is 0 Å². The molecule has 1 rings (SSSR count). The van der Waals surface area contributed by atoms with Gasteiger partial charge in [0.15, 0.2) is 0 Å². The van der Waals surface area contributed by atoms with Crippen molar-refractivity contribution < 1.29 is 0 Å². The highest BCUT2D eigenvalue weighted by atomic mass is 127. The molecule has 0 amide bonds. The molecule has 0 N–H and O–H groups in total. The van der Waals surface area contributed by atoms with E-state index in [2.05, 4.69) is 89.4 Å². The summed E-state index contributed by atoms with van der Waals surface area (Å²) in [5.41, 5.74) is 2.47. The quantitative estimate of drug-likeness (QED) is 0.489. The molecule has 0 saturated heterocycles. The Labute approximate surface area is 118 Å². The zero-order valence-corrected chi connectivity index (χ0v) is 13.7. The minimum Gasteiger partial charge on any atom is -0.309 e. The summed E-state index contributed by atoms with van der Waals surface area (Å²) in [5.74, 6) is 0. The third kappa shape index (κ3) is 3.24. The number of hydrogen-bond acceptors (Lipinski definition) is 4. The predicted octanol–water partition coefficient (Wildman–Crippen LogP) is 4.56. The summed E-state index contributed by atoms with van der Waals surface area (Å²) in [6.07, 6.45) is 0. The van der Waals surface area contributed by atoms with Crippen molar-refractivity contribution in [3.05, 3.63) is 24.3 Å². The molecule has 0 atom stereocenters. The summed E-state index contributed by atoms with van der Waals surface area (Å²) in [6.45, 7) is 0. The van der Waals surface area contributed by atoms with Gasteiger partial charge in [-0.15, -0.1) is 0 Å². The van der Waals surface area contributed by atoms with E-state index < -0.39 is 0 Å². The summed E-state index contributed by atoms with van der Waals surface area (Å²) < 4.78 is 4.30. The van der Waals surface area contributed by atoms with Gasteiger partial charge in [-0.25, -0.2) is 0 Å². The second kappa shape index (κ2) is 6.54. The van der Waals surface area contributed by atoms with Gasteiger partial charge in [0.1, 0.15) is 0 Å². The van der Waals surface area contributed by atoms with Crippen molar-refractivity contribution >= 4 is 72.0 Å². The average molecular weight is 452 g/mol. The number of para-hydroxylation sites is 2. The Bertz CT molecular complexity index is 269. The lowest BCUT2D eigenvalue weighted by Gasteiger charge is -2.23. The number of rotatable bonds is 4. The van der Waals surface area contributed by atoms with Gasteiger partial charge in [0, 0.05) is 74.7 Å². The number of halogens is 2. The smallest absolute Gasteiger partial charge is 0.0716 e. The van der Waals surface area contributed by atoms with Gasteiger partial charge in [-0.2, -0.15) is 0 Å². The first-order chi connectivity index (χ1) is 6.70. The summed E-state index contributed by atoms with van der Waals surface area (Å²) in [4.78, 5) is 0. The van der Waals surface area contributed by atoms with Gasteiger partial charge < -0.3 is 8.61 Å². The normalized spacial score (nSPS) is 10.0. The lowest BCUT2D eigenvalue weighted by atomic mass is 10.2. The van der Waals surface area contributed by atoms with Gasteiger partial charge in [0.05, 0.1) is 11.4 Å². The van der Waals surface area contributed by atoms with Crippen molar-refractivity contribution in [3.8, 4) is 0 Å². The molecule has 78 valence electrons. The van der Waals surface area contributed by atoms with Crippen LogP contribution >= 0.6 is 60.6 Å². The van der Waals surface area contributed by atoms with Crippen LogP contribution in [0.1, 0.15) is 0 Å². The number of hydrogen-bond donors (Lipinski definition) is 0. The van der Waals surface area contributed by atoms with Crippen LogP contribution in [0.5, 0.6) is 0 Å². The molecule has 0 saturated carbocycles. The minimum atomic E-state index is 1.23. The van der Waals surface area contributed by atoms with E-state index in [1.165, 1.54) is 11.4 Å². The van der Waals surface area contributed by atoms with Crippen molar-refractivity contribution in [2.24, 2.45) is 0 Å². The molecule has 0 aliphatic carbocycles. The van der Waals surface area contributed by atoms with E-state index in [-0.39, 0.29) is 0 Å². The zero-order chi connectivity index (χ0) is 10.6. The maximum absolute atomic E-state index is 2.28. The summed E-state index contributed by atoms with van der Waals surface area (Å²) in [6, 6.07) is 8.39. The molecule has 1 aromatic carbocycles. The topological polar surface area (TPSA) is 6.48 Å². The largest absolute Gasteiger partial charge is 0.309 e. The second-order valence-corrected chi connectivity index (χ2v) is 6.36. The highest BCUT2D eigenvalue weighted by Crippen LogP contribution is 2.37. The molecule has 1 aromatic rings. The van der Waals surface area contributed by atoms with Crippen LogP contribution in [-0.2, 0) is 0 Å². The highest BCUT2D eigenvalue weighted by molar-refractivity contribution is 14.2. The molecular weight excluding hydrogens is 442 g/mol. The van der Waals surface area contributed by atoms with Crippen molar-refractivity contribution in [3.63, 3.8) is 0 Å². The SMILES string of the molecule is CN(SI)c1ccccc1N(C)SI. The second-order valence-electron chi connectivity index (χ2n) is 2.62. The molecule has 0 aromatic heterocycles. The summed E-state index contributed by atoms with van der Waals surface area (Å²) >= 11 is 4.57. The van der Waals surface area contributed by atoms with Gasteiger partial charge in [-0.1, -0.05) is 12.1 Å². The molecule has 0 spiro atoms. The van der Waals surface area contributed by atoms with E-state index in [0.717, 1.165) is 0 Å². The highest BCUT2D eigenvalue weighted by Gasteiger charge is 2.09. The van der Waals surface area contributed by atoms with Crippen LogP contribution in [0.2, 0.25) is 0 Å². The molecule has 14 heavy (non-hydrogen) atoms. The third-order valence-corrected chi connectivity index (χ3v) is 6.12.